The van der Waals surface area contributed by atoms with E-state index in [0.29, 0.717) is 12.2 Å². The van der Waals surface area contributed by atoms with E-state index in [1.54, 1.807) is 10.6 Å². The molecule has 0 radical (unpaired) electrons. The Balaban J connectivity index is 2.47. The van der Waals surface area contributed by atoms with Crippen LogP contribution >= 0.6 is 0 Å². The smallest absolute Gasteiger partial charge is 0.267 e. The second kappa shape index (κ2) is 4.98. The summed E-state index contributed by atoms with van der Waals surface area (Å²) in [7, 11) is 1.81. The molecule has 1 rings (SSSR count). The Morgan fingerprint density at radius 3 is 2.73 bits per heavy atom. The highest BCUT2D eigenvalue weighted by Gasteiger charge is 2.13. The van der Waals surface area contributed by atoms with Crippen LogP contribution in [-0.2, 0) is 7.05 Å². The molecule has 2 N–H and O–H groups in total. The Kier molecular flexibility index (Phi) is 3.91. The zero-order valence-electron chi connectivity index (χ0n) is 9.40. The molecule has 1 aromatic rings. The first-order chi connectivity index (χ1) is 7.02. The first-order valence-electron chi connectivity index (χ1n) is 5.10. The van der Waals surface area contributed by atoms with E-state index in [4.69, 9.17) is 0 Å². The Hall–Kier alpha value is -1.29. The van der Waals surface area contributed by atoms with Crippen LogP contribution in [0.15, 0.2) is 18.3 Å². The molecule has 0 fully saturated rings. The first-order valence-corrected chi connectivity index (χ1v) is 5.10. The monoisotopic (exact) mass is 210 g/mol. The maximum atomic E-state index is 11.6. The van der Waals surface area contributed by atoms with E-state index in [0.717, 1.165) is 0 Å². The van der Waals surface area contributed by atoms with E-state index in [1.165, 1.54) is 0 Å². The number of hydrogen-bond acceptors (Lipinski definition) is 2. The van der Waals surface area contributed by atoms with E-state index in [1.807, 2.05) is 33.2 Å². The van der Waals surface area contributed by atoms with Gasteiger partial charge in [0.2, 0.25) is 0 Å². The number of aliphatic hydroxyl groups is 1. The fraction of sp³-hybridized carbons (Fsp3) is 0.545. The molecule has 0 aliphatic carbocycles. The predicted molar refractivity (Wildman–Crippen MR) is 58.6 cm³/mol. The molecule has 4 heteroatoms. The highest BCUT2D eigenvalue weighted by molar-refractivity contribution is 5.92. The van der Waals surface area contributed by atoms with Gasteiger partial charge < -0.3 is 15.0 Å². The number of nitrogens with zero attached hydrogens (tertiary/aromatic N) is 1. The van der Waals surface area contributed by atoms with Gasteiger partial charge in [0.1, 0.15) is 5.69 Å². The van der Waals surface area contributed by atoms with Crippen LogP contribution in [0.1, 0.15) is 24.3 Å². The molecule has 0 bridgehead atoms. The first kappa shape index (κ1) is 11.8. The summed E-state index contributed by atoms with van der Waals surface area (Å²) < 4.78 is 1.75. The molecule has 1 amide bonds. The summed E-state index contributed by atoms with van der Waals surface area (Å²) in [4.78, 5) is 11.6. The Morgan fingerprint density at radius 1 is 1.60 bits per heavy atom. The summed E-state index contributed by atoms with van der Waals surface area (Å²) >= 11 is 0. The lowest BCUT2D eigenvalue weighted by atomic mass is 10.1. The molecular formula is C11H18N2O2. The van der Waals surface area contributed by atoms with Crippen molar-refractivity contribution in [3.8, 4) is 0 Å². The normalized spacial score (nSPS) is 12.9. The standard InChI is InChI=1S/C11H18N2O2/c1-8(2)10(14)7-12-11(15)9-5-4-6-13(9)3/h4-6,8,10,14H,7H2,1-3H3,(H,12,15). The van der Waals surface area contributed by atoms with Crippen LogP contribution in [0.2, 0.25) is 0 Å². The van der Waals surface area contributed by atoms with Gasteiger partial charge in [-0.2, -0.15) is 0 Å². The second-order valence-electron chi connectivity index (χ2n) is 4.03. The maximum absolute atomic E-state index is 11.6. The second-order valence-corrected chi connectivity index (χ2v) is 4.03. The summed E-state index contributed by atoms with van der Waals surface area (Å²) in [6, 6.07) is 3.56. The summed E-state index contributed by atoms with van der Waals surface area (Å²) in [6.07, 6.45) is 1.32. The summed E-state index contributed by atoms with van der Waals surface area (Å²) in [6.45, 7) is 4.13. The minimum Gasteiger partial charge on any atom is -0.391 e. The van der Waals surface area contributed by atoms with Crippen LogP contribution in [0.3, 0.4) is 0 Å². The zero-order valence-corrected chi connectivity index (χ0v) is 9.40. The Bertz CT molecular complexity index is 331. The van der Waals surface area contributed by atoms with Gasteiger partial charge in [-0.05, 0) is 18.1 Å². The lowest BCUT2D eigenvalue weighted by Crippen LogP contribution is -2.35. The zero-order chi connectivity index (χ0) is 11.4. The molecule has 84 valence electrons. The highest BCUT2D eigenvalue weighted by Crippen LogP contribution is 2.01. The van der Waals surface area contributed by atoms with Gasteiger partial charge in [0.25, 0.3) is 5.91 Å². The van der Waals surface area contributed by atoms with Gasteiger partial charge in [-0.1, -0.05) is 13.8 Å². The van der Waals surface area contributed by atoms with Crippen molar-refractivity contribution in [1.29, 1.82) is 0 Å². The van der Waals surface area contributed by atoms with E-state index < -0.39 is 6.10 Å². The quantitative estimate of drug-likeness (QED) is 0.771. The van der Waals surface area contributed by atoms with Gasteiger partial charge in [0.15, 0.2) is 0 Å². The summed E-state index contributed by atoms with van der Waals surface area (Å²) in [5.41, 5.74) is 0.603. The number of hydrogen-bond donors (Lipinski definition) is 2. The lowest BCUT2D eigenvalue weighted by molar-refractivity contribution is 0.0864. The number of carbonyl (C=O) groups is 1. The van der Waals surface area contributed by atoms with Crippen molar-refractivity contribution in [2.45, 2.75) is 20.0 Å². The molecule has 0 saturated heterocycles. The van der Waals surface area contributed by atoms with Gasteiger partial charge in [0, 0.05) is 19.8 Å². The van der Waals surface area contributed by atoms with Gasteiger partial charge in [0.05, 0.1) is 6.10 Å². The van der Waals surface area contributed by atoms with E-state index >= 15 is 0 Å². The van der Waals surface area contributed by atoms with Crippen LogP contribution in [0, 0.1) is 5.92 Å². The number of rotatable bonds is 4. The summed E-state index contributed by atoms with van der Waals surface area (Å²) in [5, 5.41) is 12.2. The fourth-order valence-corrected chi connectivity index (χ4v) is 1.22. The van der Waals surface area contributed by atoms with Crippen molar-refractivity contribution in [3.63, 3.8) is 0 Å². The van der Waals surface area contributed by atoms with Crippen LogP contribution in [-0.4, -0.2) is 28.2 Å². The molecule has 0 aliphatic rings. The van der Waals surface area contributed by atoms with Crippen molar-refractivity contribution < 1.29 is 9.90 Å². The van der Waals surface area contributed by atoms with Crippen molar-refractivity contribution in [2.75, 3.05) is 6.54 Å². The molecule has 0 aliphatic heterocycles. The number of aromatic nitrogens is 1. The van der Waals surface area contributed by atoms with Crippen molar-refractivity contribution in [1.82, 2.24) is 9.88 Å². The molecular weight excluding hydrogens is 192 g/mol. The number of nitrogens with one attached hydrogen (secondary N) is 1. The Labute approximate surface area is 89.9 Å². The molecule has 4 nitrogen and oxygen atoms in total. The SMILES string of the molecule is CC(C)C(O)CNC(=O)c1cccn1C. The largest absolute Gasteiger partial charge is 0.391 e. The molecule has 1 heterocycles. The molecule has 0 aromatic carbocycles. The Morgan fingerprint density at radius 2 is 2.27 bits per heavy atom. The van der Waals surface area contributed by atoms with Gasteiger partial charge in [-0.3, -0.25) is 4.79 Å². The number of aliphatic hydroxyl groups excluding tert-OH is 1. The van der Waals surface area contributed by atoms with Gasteiger partial charge >= 0.3 is 0 Å². The average Bonchev–Trinajstić information content (AvgIpc) is 2.60. The molecule has 1 atom stereocenters. The number of amides is 1. The van der Waals surface area contributed by atoms with Crippen molar-refractivity contribution >= 4 is 5.91 Å². The van der Waals surface area contributed by atoms with E-state index in [2.05, 4.69) is 5.32 Å². The fourth-order valence-electron chi connectivity index (χ4n) is 1.22. The molecule has 0 spiro atoms. The third-order valence-electron chi connectivity index (χ3n) is 2.42. The average molecular weight is 210 g/mol. The van der Waals surface area contributed by atoms with Crippen LogP contribution in [0.5, 0.6) is 0 Å². The number of aryl methyl sites for hydroxylation is 1. The molecule has 1 unspecified atom stereocenters. The molecule has 0 saturated carbocycles. The van der Waals surface area contributed by atoms with Gasteiger partial charge in [-0.25, -0.2) is 0 Å². The predicted octanol–water partition coefficient (Wildman–Crippen LogP) is 0.772. The minimum atomic E-state index is -0.491. The van der Waals surface area contributed by atoms with Crippen molar-refractivity contribution in [3.05, 3.63) is 24.0 Å². The molecule has 15 heavy (non-hydrogen) atoms. The number of carbonyl (C=O) groups excluding carboxylic acids is 1. The third kappa shape index (κ3) is 3.09. The van der Waals surface area contributed by atoms with Crippen LogP contribution in [0.25, 0.3) is 0 Å². The highest BCUT2D eigenvalue weighted by atomic mass is 16.3. The van der Waals surface area contributed by atoms with Crippen LogP contribution < -0.4 is 5.32 Å². The summed E-state index contributed by atoms with van der Waals surface area (Å²) in [5.74, 6) is 0.000845. The van der Waals surface area contributed by atoms with Gasteiger partial charge in [-0.15, -0.1) is 0 Å². The minimum absolute atomic E-state index is 0.151. The van der Waals surface area contributed by atoms with Crippen LogP contribution in [0.4, 0.5) is 0 Å². The third-order valence-corrected chi connectivity index (χ3v) is 2.42. The van der Waals surface area contributed by atoms with E-state index in [9.17, 15) is 9.90 Å². The van der Waals surface area contributed by atoms with E-state index in [-0.39, 0.29) is 11.8 Å². The maximum Gasteiger partial charge on any atom is 0.267 e. The lowest BCUT2D eigenvalue weighted by Gasteiger charge is -2.15. The topological polar surface area (TPSA) is 54.3 Å². The van der Waals surface area contributed by atoms with Crippen molar-refractivity contribution in [2.24, 2.45) is 13.0 Å². The molecule has 1 aromatic heterocycles.